The van der Waals surface area contributed by atoms with E-state index in [0.29, 0.717) is 10.2 Å². The Morgan fingerprint density at radius 2 is 1.94 bits per heavy atom. The van der Waals surface area contributed by atoms with Crippen LogP contribution in [0, 0.1) is 0 Å². The Morgan fingerprint density at radius 1 is 1.38 bits per heavy atom. The molecular weight excluding hydrogens is 298 g/mol. The summed E-state index contributed by atoms with van der Waals surface area (Å²) >= 11 is 3.13. The van der Waals surface area contributed by atoms with Gasteiger partial charge in [0.1, 0.15) is 0 Å². The second-order valence-electron chi connectivity index (χ2n) is 3.23. The second-order valence-corrected chi connectivity index (χ2v) is 6.16. The van der Waals surface area contributed by atoms with Crippen molar-refractivity contribution in [1.29, 1.82) is 0 Å². The van der Waals surface area contributed by atoms with Crippen LogP contribution >= 0.6 is 15.9 Å². The molecule has 1 rings (SSSR count). The maximum Gasteiger partial charge on any atom is 0.335 e. The SMILES string of the molecule is CN(c1cc(Br)cc(C(=O)O)c1)S(C)(=O)=O. The van der Waals surface area contributed by atoms with Crippen LogP contribution in [-0.2, 0) is 10.0 Å². The number of nitrogens with zero attached hydrogens (tertiary/aromatic N) is 1. The Labute approximate surface area is 102 Å². The lowest BCUT2D eigenvalue weighted by atomic mass is 10.2. The van der Waals surface area contributed by atoms with Gasteiger partial charge in [-0.1, -0.05) is 15.9 Å². The Balaban J connectivity index is 3.31. The first kappa shape index (κ1) is 13.0. The van der Waals surface area contributed by atoms with E-state index in [0.717, 1.165) is 10.6 Å². The monoisotopic (exact) mass is 307 g/mol. The van der Waals surface area contributed by atoms with Gasteiger partial charge in [0.15, 0.2) is 0 Å². The number of halogens is 1. The summed E-state index contributed by atoms with van der Waals surface area (Å²) in [6.45, 7) is 0. The number of aromatic carboxylic acids is 1. The molecule has 1 N–H and O–H groups in total. The highest BCUT2D eigenvalue weighted by Crippen LogP contribution is 2.23. The van der Waals surface area contributed by atoms with Crippen molar-refractivity contribution in [2.24, 2.45) is 0 Å². The standard InChI is InChI=1S/C9H10BrNO4S/c1-11(16(2,14)15)8-4-6(9(12)13)3-7(10)5-8/h3-5H,1-2H3,(H,12,13). The summed E-state index contributed by atoms with van der Waals surface area (Å²) in [4.78, 5) is 10.8. The number of carboxylic acid groups (broad SMARTS) is 1. The van der Waals surface area contributed by atoms with Crippen molar-refractivity contribution in [2.75, 3.05) is 17.6 Å². The molecule has 1 aromatic rings. The third-order valence-electron chi connectivity index (χ3n) is 1.99. The van der Waals surface area contributed by atoms with Crippen molar-refractivity contribution in [3.63, 3.8) is 0 Å². The number of carboxylic acids is 1. The van der Waals surface area contributed by atoms with Gasteiger partial charge in [-0.05, 0) is 18.2 Å². The average Bonchev–Trinajstić information content (AvgIpc) is 2.14. The van der Waals surface area contributed by atoms with E-state index in [-0.39, 0.29) is 5.56 Å². The second kappa shape index (κ2) is 4.42. The molecular formula is C9H10BrNO4S. The lowest BCUT2D eigenvalue weighted by molar-refractivity contribution is 0.0697. The van der Waals surface area contributed by atoms with Gasteiger partial charge in [-0.15, -0.1) is 0 Å². The lowest BCUT2D eigenvalue weighted by Gasteiger charge is -2.17. The molecule has 0 bridgehead atoms. The maximum atomic E-state index is 11.3. The van der Waals surface area contributed by atoms with Crippen molar-refractivity contribution in [3.05, 3.63) is 28.2 Å². The number of hydrogen-bond acceptors (Lipinski definition) is 3. The molecule has 0 unspecified atom stereocenters. The zero-order valence-electron chi connectivity index (χ0n) is 8.64. The predicted octanol–water partition coefficient (Wildman–Crippen LogP) is 1.54. The first-order valence-electron chi connectivity index (χ1n) is 4.19. The quantitative estimate of drug-likeness (QED) is 0.919. The first-order chi connectivity index (χ1) is 7.21. The fraction of sp³-hybridized carbons (Fsp3) is 0.222. The van der Waals surface area contributed by atoms with E-state index in [1.54, 1.807) is 0 Å². The van der Waals surface area contributed by atoms with Crippen molar-refractivity contribution in [1.82, 2.24) is 0 Å². The Hall–Kier alpha value is -1.08. The van der Waals surface area contributed by atoms with Gasteiger partial charge in [0.2, 0.25) is 10.0 Å². The van der Waals surface area contributed by atoms with Crippen LogP contribution < -0.4 is 4.31 Å². The van der Waals surface area contributed by atoms with Gasteiger partial charge in [-0.3, -0.25) is 4.31 Å². The number of rotatable bonds is 3. The van der Waals surface area contributed by atoms with Crippen LogP contribution in [0.25, 0.3) is 0 Å². The summed E-state index contributed by atoms with van der Waals surface area (Å²) < 4.78 is 24.1. The Bertz CT molecular complexity index is 526. The summed E-state index contributed by atoms with van der Waals surface area (Å²) in [5.74, 6) is -1.11. The first-order valence-corrected chi connectivity index (χ1v) is 6.84. The van der Waals surface area contributed by atoms with Crippen LogP contribution in [0.5, 0.6) is 0 Å². The highest BCUT2D eigenvalue weighted by molar-refractivity contribution is 9.10. The minimum absolute atomic E-state index is 0.0277. The predicted molar refractivity (Wildman–Crippen MR) is 64.3 cm³/mol. The minimum atomic E-state index is -3.40. The van der Waals surface area contributed by atoms with Crippen LogP contribution in [0.4, 0.5) is 5.69 Å². The summed E-state index contributed by atoms with van der Waals surface area (Å²) in [5.41, 5.74) is 0.328. The Kier molecular flexibility index (Phi) is 3.59. The van der Waals surface area contributed by atoms with E-state index in [1.165, 1.54) is 25.2 Å². The number of anilines is 1. The van der Waals surface area contributed by atoms with Crippen molar-refractivity contribution in [3.8, 4) is 0 Å². The molecule has 1 aromatic carbocycles. The molecule has 7 heteroatoms. The number of sulfonamides is 1. The van der Waals surface area contributed by atoms with Crippen molar-refractivity contribution in [2.45, 2.75) is 0 Å². The number of benzene rings is 1. The van der Waals surface area contributed by atoms with Crippen LogP contribution in [-0.4, -0.2) is 32.8 Å². The van der Waals surface area contributed by atoms with Gasteiger partial charge in [0, 0.05) is 11.5 Å². The molecule has 0 aliphatic carbocycles. The van der Waals surface area contributed by atoms with E-state index in [4.69, 9.17) is 5.11 Å². The smallest absolute Gasteiger partial charge is 0.335 e. The third-order valence-corrected chi connectivity index (χ3v) is 3.65. The fourth-order valence-corrected chi connectivity index (χ4v) is 2.04. The van der Waals surface area contributed by atoms with Gasteiger partial charge in [0.05, 0.1) is 17.5 Å². The van der Waals surface area contributed by atoms with E-state index < -0.39 is 16.0 Å². The Morgan fingerprint density at radius 3 is 2.38 bits per heavy atom. The molecule has 0 aliphatic heterocycles. The van der Waals surface area contributed by atoms with Crippen molar-refractivity contribution < 1.29 is 18.3 Å². The van der Waals surface area contributed by atoms with E-state index in [9.17, 15) is 13.2 Å². The summed E-state index contributed by atoms with van der Waals surface area (Å²) in [6, 6.07) is 4.24. The number of hydrogen-bond donors (Lipinski definition) is 1. The van der Waals surface area contributed by atoms with Crippen LogP contribution in [0.2, 0.25) is 0 Å². The van der Waals surface area contributed by atoms with Crippen LogP contribution in [0.1, 0.15) is 10.4 Å². The van der Waals surface area contributed by atoms with Crippen LogP contribution in [0.15, 0.2) is 22.7 Å². The van der Waals surface area contributed by atoms with Gasteiger partial charge in [0.25, 0.3) is 0 Å². The zero-order chi connectivity index (χ0) is 12.5. The fourth-order valence-electron chi connectivity index (χ4n) is 1.07. The maximum absolute atomic E-state index is 11.3. The highest BCUT2D eigenvalue weighted by atomic mass is 79.9. The molecule has 0 aliphatic rings. The van der Waals surface area contributed by atoms with Gasteiger partial charge in [-0.25, -0.2) is 13.2 Å². The molecule has 5 nitrogen and oxygen atoms in total. The van der Waals surface area contributed by atoms with Crippen LogP contribution in [0.3, 0.4) is 0 Å². The largest absolute Gasteiger partial charge is 0.478 e. The molecule has 0 radical (unpaired) electrons. The average molecular weight is 308 g/mol. The molecule has 0 atom stereocenters. The normalized spacial score (nSPS) is 11.2. The summed E-state index contributed by atoms with van der Waals surface area (Å²) in [5, 5.41) is 8.83. The molecule has 0 fully saturated rings. The lowest BCUT2D eigenvalue weighted by Crippen LogP contribution is -2.25. The topological polar surface area (TPSA) is 74.7 Å². The zero-order valence-corrected chi connectivity index (χ0v) is 11.0. The molecule has 0 spiro atoms. The molecule has 0 heterocycles. The number of carbonyl (C=O) groups is 1. The summed E-state index contributed by atoms with van der Waals surface area (Å²) in [7, 11) is -2.03. The molecule has 0 saturated carbocycles. The van der Waals surface area contributed by atoms with Crippen molar-refractivity contribution >= 4 is 37.6 Å². The van der Waals surface area contributed by atoms with Gasteiger partial charge < -0.3 is 5.11 Å². The van der Waals surface area contributed by atoms with E-state index >= 15 is 0 Å². The summed E-state index contributed by atoms with van der Waals surface area (Å²) in [6.07, 6.45) is 1.05. The van der Waals surface area contributed by atoms with E-state index in [1.807, 2.05) is 0 Å². The van der Waals surface area contributed by atoms with Gasteiger partial charge in [-0.2, -0.15) is 0 Å². The molecule has 0 aromatic heterocycles. The minimum Gasteiger partial charge on any atom is -0.478 e. The molecule has 0 saturated heterocycles. The molecule has 88 valence electrons. The third kappa shape index (κ3) is 2.96. The highest BCUT2D eigenvalue weighted by Gasteiger charge is 2.14. The molecule has 0 amide bonds. The van der Waals surface area contributed by atoms with Gasteiger partial charge >= 0.3 is 5.97 Å². The van der Waals surface area contributed by atoms with E-state index in [2.05, 4.69) is 15.9 Å². The molecule has 16 heavy (non-hydrogen) atoms.